The van der Waals surface area contributed by atoms with Crippen LogP contribution in [-0.2, 0) is 22.6 Å². The minimum atomic E-state index is -0.598. The zero-order chi connectivity index (χ0) is 19.4. The number of nitrogens with one attached hydrogen (secondary N) is 2. The molecule has 0 radical (unpaired) electrons. The van der Waals surface area contributed by atoms with Crippen molar-refractivity contribution in [3.8, 4) is 0 Å². The quantitative estimate of drug-likeness (QED) is 0.652. The van der Waals surface area contributed by atoms with E-state index in [1.807, 2.05) is 18.2 Å². The minimum Gasteiger partial charge on any atom is -0.358 e. The summed E-state index contributed by atoms with van der Waals surface area (Å²) in [5.41, 5.74) is 4.23. The van der Waals surface area contributed by atoms with E-state index in [0.717, 1.165) is 22.2 Å². The van der Waals surface area contributed by atoms with Crippen LogP contribution >= 0.6 is 11.6 Å². The van der Waals surface area contributed by atoms with Gasteiger partial charge in [-0.25, -0.2) is 4.39 Å². The molecule has 142 valence electrons. The maximum Gasteiger partial charge on any atom is 0.231 e. The lowest BCUT2D eigenvalue weighted by Crippen LogP contribution is -2.41. The summed E-state index contributed by atoms with van der Waals surface area (Å²) in [5.74, 6) is -1.41. The highest BCUT2D eigenvalue weighted by Crippen LogP contribution is 2.36. The molecule has 5 rings (SSSR count). The van der Waals surface area contributed by atoms with E-state index >= 15 is 0 Å². The molecule has 3 heterocycles. The van der Waals surface area contributed by atoms with Crippen molar-refractivity contribution >= 4 is 40.0 Å². The number of aromatic amines is 1. The topological polar surface area (TPSA) is 65.2 Å². The third-order valence-electron chi connectivity index (χ3n) is 5.60. The predicted molar refractivity (Wildman–Crippen MR) is 105 cm³/mol. The van der Waals surface area contributed by atoms with E-state index in [9.17, 15) is 14.0 Å². The van der Waals surface area contributed by atoms with Crippen molar-refractivity contribution in [2.75, 3.05) is 11.9 Å². The highest BCUT2D eigenvalue weighted by Gasteiger charge is 2.35. The average Bonchev–Trinajstić information content (AvgIpc) is 3.03. The van der Waals surface area contributed by atoms with Gasteiger partial charge >= 0.3 is 0 Å². The number of nitrogens with zero attached hydrogens (tertiary/aromatic N) is 1. The summed E-state index contributed by atoms with van der Waals surface area (Å²) in [4.78, 5) is 30.6. The molecular formula is C21H17ClFN3O2. The molecule has 0 spiro atoms. The Balaban J connectivity index is 1.48. The van der Waals surface area contributed by atoms with Crippen molar-refractivity contribution < 1.29 is 14.0 Å². The van der Waals surface area contributed by atoms with Crippen LogP contribution in [0.25, 0.3) is 10.9 Å². The van der Waals surface area contributed by atoms with Gasteiger partial charge in [0.2, 0.25) is 11.8 Å². The molecule has 7 heteroatoms. The number of hydrogen-bond donors (Lipinski definition) is 2. The molecule has 2 aliphatic heterocycles. The number of carbonyl (C=O) groups excluding carboxylic acids is 2. The number of rotatable bonds is 1. The smallest absolute Gasteiger partial charge is 0.231 e. The lowest BCUT2D eigenvalue weighted by molar-refractivity contribution is -0.135. The second kappa shape index (κ2) is 6.34. The molecule has 0 aliphatic carbocycles. The fourth-order valence-corrected chi connectivity index (χ4v) is 4.42. The summed E-state index contributed by atoms with van der Waals surface area (Å²) in [6.45, 7) is 1.03. The average molecular weight is 398 g/mol. The van der Waals surface area contributed by atoms with Gasteiger partial charge in [0.05, 0.1) is 5.92 Å². The molecule has 5 nitrogen and oxygen atoms in total. The van der Waals surface area contributed by atoms with Crippen molar-refractivity contribution in [1.82, 2.24) is 9.88 Å². The van der Waals surface area contributed by atoms with Crippen LogP contribution in [-0.4, -0.2) is 28.2 Å². The Bertz CT molecular complexity index is 1140. The normalized spacial score (nSPS) is 18.6. The highest BCUT2D eigenvalue weighted by atomic mass is 35.5. The van der Waals surface area contributed by atoms with Crippen LogP contribution in [0.3, 0.4) is 0 Å². The monoisotopic (exact) mass is 397 g/mol. The van der Waals surface area contributed by atoms with E-state index in [1.54, 1.807) is 11.0 Å². The largest absolute Gasteiger partial charge is 0.358 e. The van der Waals surface area contributed by atoms with Gasteiger partial charge in [0.1, 0.15) is 5.82 Å². The molecule has 0 bridgehead atoms. The van der Waals surface area contributed by atoms with Gasteiger partial charge in [-0.1, -0.05) is 17.7 Å². The Morgan fingerprint density at radius 3 is 2.93 bits per heavy atom. The number of carbonyl (C=O) groups is 2. The number of fused-ring (bicyclic) bond motifs is 4. The molecule has 0 fully saturated rings. The standard InChI is InChI=1S/C21H17ClFN3O2/c22-11-1-4-17-14(7-11)16-10-26(6-5-18(16)24-17)21(28)15-9-20(27)25-19-8-12(23)2-3-13(15)19/h1-4,7-8,15,24H,5-6,9-10H2,(H,25,27). The van der Waals surface area contributed by atoms with Gasteiger partial charge in [0.15, 0.2) is 0 Å². The van der Waals surface area contributed by atoms with E-state index in [2.05, 4.69) is 10.3 Å². The maximum absolute atomic E-state index is 13.6. The Labute approximate surface area is 165 Å². The van der Waals surface area contributed by atoms with E-state index < -0.39 is 11.7 Å². The van der Waals surface area contributed by atoms with Gasteiger partial charge in [-0.2, -0.15) is 0 Å². The van der Waals surface area contributed by atoms with Crippen molar-refractivity contribution in [3.63, 3.8) is 0 Å². The van der Waals surface area contributed by atoms with Gasteiger partial charge < -0.3 is 15.2 Å². The summed E-state index contributed by atoms with van der Waals surface area (Å²) in [6, 6.07) is 9.87. The number of hydrogen-bond acceptors (Lipinski definition) is 2. The Morgan fingerprint density at radius 2 is 2.07 bits per heavy atom. The lowest BCUT2D eigenvalue weighted by atomic mass is 9.88. The number of amides is 2. The fourth-order valence-electron chi connectivity index (χ4n) is 4.25. The molecule has 1 aromatic heterocycles. The molecule has 2 aliphatic rings. The molecule has 1 atom stereocenters. The van der Waals surface area contributed by atoms with Crippen molar-refractivity contribution in [2.45, 2.75) is 25.3 Å². The first-order chi connectivity index (χ1) is 13.5. The second-order valence-corrected chi connectivity index (χ2v) is 7.75. The van der Waals surface area contributed by atoms with E-state index in [-0.39, 0.29) is 18.2 Å². The molecule has 2 N–H and O–H groups in total. The number of H-pyrrole nitrogens is 1. The number of halogens is 2. The van der Waals surface area contributed by atoms with Crippen LogP contribution in [0, 0.1) is 5.82 Å². The Morgan fingerprint density at radius 1 is 1.21 bits per heavy atom. The van der Waals surface area contributed by atoms with Crippen LogP contribution in [0.1, 0.15) is 29.2 Å². The van der Waals surface area contributed by atoms with E-state index in [4.69, 9.17) is 11.6 Å². The summed E-state index contributed by atoms with van der Waals surface area (Å²) >= 11 is 6.15. The second-order valence-electron chi connectivity index (χ2n) is 7.32. The third-order valence-corrected chi connectivity index (χ3v) is 5.84. The molecule has 1 unspecified atom stereocenters. The first-order valence-electron chi connectivity index (χ1n) is 9.16. The summed E-state index contributed by atoms with van der Waals surface area (Å²) in [7, 11) is 0. The summed E-state index contributed by atoms with van der Waals surface area (Å²) in [6.07, 6.45) is 0.781. The van der Waals surface area contributed by atoms with E-state index in [1.165, 1.54) is 12.1 Å². The van der Waals surface area contributed by atoms with E-state index in [0.29, 0.717) is 35.8 Å². The van der Waals surface area contributed by atoms with Gasteiger partial charge in [0, 0.05) is 58.8 Å². The van der Waals surface area contributed by atoms with Crippen LogP contribution in [0.2, 0.25) is 5.02 Å². The Kier molecular flexibility index (Phi) is 3.91. The lowest BCUT2D eigenvalue weighted by Gasteiger charge is -2.33. The molecule has 2 amide bonds. The van der Waals surface area contributed by atoms with Crippen molar-refractivity contribution in [3.05, 3.63) is 64.1 Å². The molecular weight excluding hydrogens is 381 g/mol. The SMILES string of the molecule is O=C1CC(C(=O)N2CCc3[nH]c4ccc(Cl)cc4c3C2)c2ccc(F)cc2N1. The van der Waals surface area contributed by atoms with Crippen LogP contribution in [0.5, 0.6) is 0 Å². The Hall–Kier alpha value is -2.86. The number of aromatic nitrogens is 1. The van der Waals surface area contributed by atoms with Gasteiger partial charge in [0.25, 0.3) is 0 Å². The van der Waals surface area contributed by atoms with Gasteiger partial charge in [-0.15, -0.1) is 0 Å². The zero-order valence-electron chi connectivity index (χ0n) is 14.9. The first kappa shape index (κ1) is 17.3. The zero-order valence-corrected chi connectivity index (χ0v) is 15.6. The summed E-state index contributed by atoms with van der Waals surface area (Å²) in [5, 5.41) is 4.33. The summed E-state index contributed by atoms with van der Waals surface area (Å²) < 4.78 is 13.6. The third kappa shape index (κ3) is 2.76. The molecule has 2 aromatic carbocycles. The molecule has 28 heavy (non-hydrogen) atoms. The van der Waals surface area contributed by atoms with Gasteiger partial charge in [-0.3, -0.25) is 9.59 Å². The first-order valence-corrected chi connectivity index (χ1v) is 9.54. The van der Waals surface area contributed by atoms with Gasteiger partial charge in [-0.05, 0) is 35.9 Å². The fraction of sp³-hybridized carbons (Fsp3) is 0.238. The van der Waals surface area contributed by atoms with Crippen LogP contribution < -0.4 is 5.32 Å². The highest BCUT2D eigenvalue weighted by molar-refractivity contribution is 6.31. The van der Waals surface area contributed by atoms with Crippen LogP contribution in [0.15, 0.2) is 36.4 Å². The molecule has 3 aromatic rings. The van der Waals surface area contributed by atoms with Crippen LogP contribution in [0.4, 0.5) is 10.1 Å². The minimum absolute atomic E-state index is 0.0700. The molecule has 0 saturated carbocycles. The number of benzene rings is 2. The van der Waals surface area contributed by atoms with Crippen molar-refractivity contribution in [1.29, 1.82) is 0 Å². The number of anilines is 1. The molecule has 0 saturated heterocycles. The predicted octanol–water partition coefficient (Wildman–Crippen LogP) is 3.97. The van der Waals surface area contributed by atoms with Crippen molar-refractivity contribution in [2.24, 2.45) is 0 Å². The maximum atomic E-state index is 13.6.